The van der Waals surface area contributed by atoms with Crippen molar-refractivity contribution in [2.24, 2.45) is 5.73 Å². The highest BCUT2D eigenvalue weighted by atomic mass is 19.4. The van der Waals surface area contributed by atoms with Gasteiger partial charge in [0.25, 0.3) is 0 Å². The number of ether oxygens (including phenoxy) is 1. The van der Waals surface area contributed by atoms with Gasteiger partial charge in [0, 0.05) is 13.1 Å². The number of rotatable bonds is 7. The molecule has 0 bridgehead atoms. The van der Waals surface area contributed by atoms with Crippen molar-refractivity contribution in [1.29, 1.82) is 0 Å². The van der Waals surface area contributed by atoms with Crippen LogP contribution in [-0.2, 0) is 22.6 Å². The summed E-state index contributed by atoms with van der Waals surface area (Å²) in [5.74, 6) is -0.399. The zero-order valence-corrected chi connectivity index (χ0v) is 9.98. The van der Waals surface area contributed by atoms with E-state index in [4.69, 9.17) is 5.73 Å². The van der Waals surface area contributed by atoms with E-state index in [1.165, 1.54) is 10.9 Å². The molecule has 0 spiro atoms. The highest BCUT2D eigenvalue weighted by Gasteiger charge is 2.27. The molecule has 0 unspecified atom stereocenters. The lowest BCUT2D eigenvalue weighted by Gasteiger charge is -2.08. The largest absolute Gasteiger partial charge is 0.411 e. The van der Waals surface area contributed by atoms with Crippen molar-refractivity contribution in [1.82, 2.24) is 20.3 Å². The molecule has 0 saturated carbocycles. The van der Waals surface area contributed by atoms with Crippen LogP contribution >= 0.6 is 0 Å². The first-order valence-electron chi connectivity index (χ1n) is 5.41. The van der Waals surface area contributed by atoms with Crippen LogP contribution in [0, 0.1) is 0 Å². The second kappa shape index (κ2) is 7.04. The van der Waals surface area contributed by atoms with E-state index in [0.29, 0.717) is 5.69 Å². The standard InChI is InChI=1S/C9H14F3N5O2/c10-9(11,12)6-19-2-1-14-8(18)5-17-4-7(3-13)15-16-17/h4H,1-3,5-6,13H2,(H,14,18). The van der Waals surface area contributed by atoms with Gasteiger partial charge >= 0.3 is 6.18 Å². The zero-order chi connectivity index (χ0) is 14.3. The Morgan fingerprint density at radius 3 is 2.84 bits per heavy atom. The van der Waals surface area contributed by atoms with E-state index >= 15 is 0 Å². The second-order valence-corrected chi connectivity index (χ2v) is 3.63. The van der Waals surface area contributed by atoms with Crippen LogP contribution in [0.1, 0.15) is 5.69 Å². The van der Waals surface area contributed by atoms with Crippen LogP contribution in [0.4, 0.5) is 13.2 Å². The Morgan fingerprint density at radius 1 is 1.53 bits per heavy atom. The molecule has 1 aromatic heterocycles. The van der Waals surface area contributed by atoms with Crippen LogP contribution in [0.5, 0.6) is 0 Å². The van der Waals surface area contributed by atoms with Crippen LogP contribution in [-0.4, -0.2) is 46.8 Å². The number of nitrogens with two attached hydrogens (primary N) is 1. The molecule has 1 aromatic rings. The molecule has 0 atom stereocenters. The number of amides is 1. The van der Waals surface area contributed by atoms with Gasteiger partial charge in [-0.15, -0.1) is 5.10 Å². The second-order valence-electron chi connectivity index (χ2n) is 3.63. The molecule has 19 heavy (non-hydrogen) atoms. The minimum absolute atomic E-state index is 0.00659. The fourth-order valence-corrected chi connectivity index (χ4v) is 1.16. The van der Waals surface area contributed by atoms with Crippen molar-refractivity contribution in [3.63, 3.8) is 0 Å². The van der Waals surface area contributed by atoms with E-state index in [2.05, 4.69) is 20.4 Å². The Bertz CT molecular complexity index is 407. The third-order valence-corrected chi connectivity index (χ3v) is 1.94. The number of nitrogens with zero attached hydrogens (tertiary/aromatic N) is 3. The number of carbonyl (C=O) groups excluding carboxylic acids is 1. The lowest BCUT2D eigenvalue weighted by Crippen LogP contribution is -2.31. The quantitative estimate of drug-likeness (QED) is 0.653. The van der Waals surface area contributed by atoms with Gasteiger partial charge in [-0.3, -0.25) is 4.79 Å². The summed E-state index contributed by atoms with van der Waals surface area (Å²) in [7, 11) is 0. The molecule has 0 radical (unpaired) electrons. The number of hydrogen-bond acceptors (Lipinski definition) is 5. The van der Waals surface area contributed by atoms with E-state index in [0.717, 1.165) is 0 Å². The summed E-state index contributed by atoms with van der Waals surface area (Å²) < 4.78 is 40.8. The summed E-state index contributed by atoms with van der Waals surface area (Å²) in [4.78, 5) is 11.4. The van der Waals surface area contributed by atoms with Crippen LogP contribution < -0.4 is 11.1 Å². The third-order valence-electron chi connectivity index (χ3n) is 1.94. The number of halogens is 3. The SMILES string of the molecule is NCc1cn(CC(=O)NCCOCC(F)(F)F)nn1. The number of alkyl halides is 3. The van der Waals surface area contributed by atoms with Crippen molar-refractivity contribution < 1.29 is 22.7 Å². The molecular weight excluding hydrogens is 267 g/mol. The minimum atomic E-state index is -4.36. The highest BCUT2D eigenvalue weighted by molar-refractivity contribution is 5.75. The molecule has 0 aliphatic carbocycles. The number of carbonyl (C=O) groups is 1. The molecule has 10 heteroatoms. The van der Waals surface area contributed by atoms with Gasteiger partial charge in [-0.2, -0.15) is 13.2 Å². The molecule has 0 fully saturated rings. The lowest BCUT2D eigenvalue weighted by molar-refractivity contribution is -0.173. The van der Waals surface area contributed by atoms with Gasteiger partial charge in [-0.25, -0.2) is 4.68 Å². The van der Waals surface area contributed by atoms with E-state index in [9.17, 15) is 18.0 Å². The highest BCUT2D eigenvalue weighted by Crippen LogP contribution is 2.13. The molecule has 0 aromatic carbocycles. The Balaban J connectivity index is 2.14. The number of aromatic nitrogens is 3. The van der Waals surface area contributed by atoms with Crippen LogP contribution in [0.15, 0.2) is 6.20 Å². The summed E-state index contributed by atoms with van der Waals surface area (Å²) in [5, 5.41) is 9.73. The summed E-state index contributed by atoms with van der Waals surface area (Å²) in [5.41, 5.74) is 5.86. The van der Waals surface area contributed by atoms with Crippen LogP contribution in [0.25, 0.3) is 0 Å². The van der Waals surface area contributed by atoms with Crippen molar-refractivity contribution >= 4 is 5.91 Å². The Kier molecular flexibility index (Phi) is 5.70. The minimum Gasteiger partial charge on any atom is -0.370 e. The first kappa shape index (κ1) is 15.4. The van der Waals surface area contributed by atoms with Crippen LogP contribution in [0.2, 0.25) is 0 Å². The summed E-state index contributed by atoms with van der Waals surface area (Å²) >= 11 is 0. The Hall–Kier alpha value is -1.68. The van der Waals surface area contributed by atoms with Gasteiger partial charge in [0.2, 0.25) is 5.91 Å². The maximum Gasteiger partial charge on any atom is 0.411 e. The third kappa shape index (κ3) is 6.72. The molecule has 7 nitrogen and oxygen atoms in total. The molecule has 1 heterocycles. The van der Waals surface area contributed by atoms with E-state index in [-0.39, 0.29) is 26.2 Å². The lowest BCUT2D eigenvalue weighted by atomic mass is 10.5. The summed E-state index contributed by atoms with van der Waals surface area (Å²) in [6, 6.07) is 0. The van der Waals surface area contributed by atoms with Gasteiger partial charge in [0.1, 0.15) is 13.2 Å². The van der Waals surface area contributed by atoms with Gasteiger partial charge in [-0.1, -0.05) is 5.21 Å². The molecular formula is C9H14F3N5O2. The van der Waals surface area contributed by atoms with Gasteiger partial charge in [0.05, 0.1) is 18.5 Å². The Labute approximate surface area is 106 Å². The maximum absolute atomic E-state index is 11.7. The average molecular weight is 281 g/mol. The van der Waals surface area contributed by atoms with Gasteiger partial charge < -0.3 is 15.8 Å². The summed E-state index contributed by atoms with van der Waals surface area (Å²) in [6.07, 6.45) is -2.84. The maximum atomic E-state index is 11.7. The predicted octanol–water partition coefficient (Wildman–Crippen LogP) is -0.568. The molecule has 0 aliphatic heterocycles. The topological polar surface area (TPSA) is 95.1 Å². The molecule has 108 valence electrons. The predicted molar refractivity (Wildman–Crippen MR) is 57.8 cm³/mol. The number of hydrogen-bond donors (Lipinski definition) is 2. The fraction of sp³-hybridized carbons (Fsp3) is 0.667. The Morgan fingerprint density at radius 2 is 2.26 bits per heavy atom. The zero-order valence-electron chi connectivity index (χ0n) is 9.98. The molecule has 1 amide bonds. The van der Waals surface area contributed by atoms with Crippen molar-refractivity contribution in [3.05, 3.63) is 11.9 Å². The summed E-state index contributed by atoms with van der Waals surface area (Å²) in [6.45, 7) is -1.41. The van der Waals surface area contributed by atoms with E-state index in [1.54, 1.807) is 0 Å². The molecule has 0 saturated heterocycles. The average Bonchev–Trinajstić information content (AvgIpc) is 2.74. The number of nitrogens with one attached hydrogen (secondary N) is 1. The first-order valence-corrected chi connectivity index (χ1v) is 5.41. The van der Waals surface area contributed by atoms with Crippen molar-refractivity contribution in [2.75, 3.05) is 19.8 Å². The normalized spacial score (nSPS) is 11.6. The van der Waals surface area contributed by atoms with Crippen molar-refractivity contribution in [2.45, 2.75) is 19.3 Å². The molecule has 1 rings (SSSR count). The first-order chi connectivity index (χ1) is 8.90. The van der Waals surface area contributed by atoms with Crippen LogP contribution in [0.3, 0.4) is 0 Å². The smallest absolute Gasteiger partial charge is 0.370 e. The molecule has 3 N–H and O–H groups in total. The molecule has 0 aliphatic rings. The van der Waals surface area contributed by atoms with Gasteiger partial charge in [-0.05, 0) is 0 Å². The van der Waals surface area contributed by atoms with Gasteiger partial charge in [0.15, 0.2) is 0 Å². The monoisotopic (exact) mass is 281 g/mol. The van der Waals surface area contributed by atoms with E-state index < -0.39 is 18.7 Å². The van der Waals surface area contributed by atoms with E-state index in [1.807, 2.05) is 0 Å². The van der Waals surface area contributed by atoms with Crippen molar-refractivity contribution in [3.8, 4) is 0 Å². The fourth-order valence-electron chi connectivity index (χ4n) is 1.16.